The first-order valence-corrected chi connectivity index (χ1v) is 6.34. The predicted molar refractivity (Wildman–Crippen MR) is 69.1 cm³/mol. The minimum atomic E-state index is -0.762. The quantitative estimate of drug-likeness (QED) is 0.444. The number of nitrogens with zero attached hydrogens (tertiary/aromatic N) is 1. The maximum atomic E-state index is 12.0. The fourth-order valence-corrected chi connectivity index (χ4v) is 2.74. The summed E-state index contributed by atoms with van der Waals surface area (Å²) in [5.74, 6) is -0.308. The van der Waals surface area contributed by atoms with Crippen LogP contribution in [0.3, 0.4) is 0 Å². The van der Waals surface area contributed by atoms with E-state index in [2.05, 4.69) is 20.4 Å². The van der Waals surface area contributed by atoms with Crippen molar-refractivity contribution >= 4 is 12.1 Å². The maximum absolute atomic E-state index is 12.0. The number of ether oxygens (including phenoxy) is 2. The molecule has 104 valence electrons. The van der Waals surface area contributed by atoms with Gasteiger partial charge in [-0.1, -0.05) is 32.6 Å². The summed E-state index contributed by atoms with van der Waals surface area (Å²) in [6, 6.07) is 0.0576. The summed E-state index contributed by atoms with van der Waals surface area (Å²) >= 11 is 0. The molecule has 1 amide bonds. The van der Waals surface area contributed by atoms with Crippen LogP contribution in [0, 0.1) is 11.3 Å². The summed E-state index contributed by atoms with van der Waals surface area (Å²) in [4.78, 5) is 25.1. The molecule has 1 unspecified atom stereocenters. The highest BCUT2D eigenvalue weighted by Gasteiger charge is 2.58. The minimum absolute atomic E-state index is 0.00385. The Labute approximate surface area is 112 Å². The van der Waals surface area contributed by atoms with Crippen molar-refractivity contribution in [1.82, 2.24) is 4.90 Å². The van der Waals surface area contributed by atoms with Crippen LogP contribution in [-0.2, 0) is 14.3 Å². The second-order valence-electron chi connectivity index (χ2n) is 5.53. The van der Waals surface area contributed by atoms with Gasteiger partial charge >= 0.3 is 6.16 Å². The molecule has 0 radical (unpaired) electrons. The van der Waals surface area contributed by atoms with Gasteiger partial charge in [0, 0.05) is 11.6 Å². The average Bonchev–Trinajstić information content (AvgIpc) is 2.58. The van der Waals surface area contributed by atoms with Gasteiger partial charge in [-0.15, -0.1) is 0 Å². The highest BCUT2D eigenvalue weighted by atomic mass is 16.7. The number of carbonyl (C=O) groups is 2. The van der Waals surface area contributed by atoms with Crippen molar-refractivity contribution in [3.8, 4) is 0 Å². The van der Waals surface area contributed by atoms with Gasteiger partial charge in [-0.3, -0.25) is 4.79 Å². The molecule has 1 saturated heterocycles. The molecular formula is C14H19NO4. The first-order chi connectivity index (χ1) is 8.88. The molecule has 0 aliphatic carbocycles. The van der Waals surface area contributed by atoms with E-state index in [9.17, 15) is 9.59 Å². The monoisotopic (exact) mass is 265 g/mol. The second-order valence-corrected chi connectivity index (χ2v) is 5.53. The minimum Gasteiger partial charge on any atom is -0.430 e. The van der Waals surface area contributed by atoms with E-state index < -0.39 is 12.3 Å². The van der Waals surface area contributed by atoms with Crippen molar-refractivity contribution in [2.75, 3.05) is 6.61 Å². The first kappa shape index (κ1) is 13.6. The Morgan fingerprint density at radius 3 is 2.95 bits per heavy atom. The van der Waals surface area contributed by atoms with E-state index in [1.54, 1.807) is 11.8 Å². The highest BCUT2D eigenvalue weighted by Crippen LogP contribution is 2.47. The van der Waals surface area contributed by atoms with Crippen molar-refractivity contribution in [2.24, 2.45) is 11.3 Å². The Balaban J connectivity index is 1.97. The molecule has 0 saturated carbocycles. The van der Waals surface area contributed by atoms with Gasteiger partial charge in [0.25, 0.3) is 0 Å². The van der Waals surface area contributed by atoms with E-state index in [0.29, 0.717) is 0 Å². The normalized spacial score (nSPS) is 28.4. The summed E-state index contributed by atoms with van der Waals surface area (Å²) in [6.07, 6.45) is 4.03. The first-order valence-electron chi connectivity index (χ1n) is 6.34. The van der Waals surface area contributed by atoms with Gasteiger partial charge in [0.2, 0.25) is 5.91 Å². The molecule has 0 spiro atoms. The van der Waals surface area contributed by atoms with Crippen LogP contribution < -0.4 is 0 Å². The Kier molecular flexibility index (Phi) is 3.39. The molecule has 2 aliphatic rings. The Hall–Kier alpha value is -1.78. The van der Waals surface area contributed by atoms with Crippen molar-refractivity contribution in [2.45, 2.75) is 32.9 Å². The number of rotatable bonds is 4. The van der Waals surface area contributed by atoms with Crippen LogP contribution in [0.2, 0.25) is 0 Å². The summed E-state index contributed by atoms with van der Waals surface area (Å²) in [5.41, 5.74) is -0.0960. The van der Waals surface area contributed by atoms with Gasteiger partial charge in [0.1, 0.15) is 12.7 Å². The third kappa shape index (κ3) is 2.25. The molecule has 5 heteroatoms. The van der Waals surface area contributed by atoms with E-state index >= 15 is 0 Å². The van der Waals surface area contributed by atoms with Gasteiger partial charge in [-0.05, 0) is 6.92 Å². The third-order valence-electron chi connectivity index (χ3n) is 3.71. The molecule has 0 N–H and O–H groups in total. The molecule has 2 aliphatic heterocycles. The van der Waals surface area contributed by atoms with Crippen molar-refractivity contribution in [1.29, 1.82) is 0 Å². The van der Waals surface area contributed by atoms with E-state index in [1.807, 2.05) is 12.3 Å². The SMILES string of the molecule is C=CCOC(=O)O[C@H](C)C1C(=O)N2C=CC(C)(C)[C@H]12. The lowest BCUT2D eigenvalue weighted by molar-refractivity contribution is -0.162. The fourth-order valence-electron chi connectivity index (χ4n) is 2.74. The molecular weight excluding hydrogens is 246 g/mol. The van der Waals surface area contributed by atoms with E-state index in [4.69, 9.17) is 9.47 Å². The molecule has 1 fully saturated rings. The standard InChI is InChI=1S/C14H19NO4/c1-5-8-18-13(17)19-9(2)10-11-14(3,4)6-7-15(11)12(10)16/h5-7,9-11H,1,8H2,2-4H3/t9-,10?,11+/m1/s1. The van der Waals surface area contributed by atoms with Crippen LogP contribution in [0.25, 0.3) is 0 Å². The fraction of sp³-hybridized carbons (Fsp3) is 0.571. The van der Waals surface area contributed by atoms with E-state index in [1.165, 1.54) is 6.08 Å². The van der Waals surface area contributed by atoms with Crippen LogP contribution in [-0.4, -0.2) is 35.7 Å². The van der Waals surface area contributed by atoms with Crippen LogP contribution >= 0.6 is 0 Å². The van der Waals surface area contributed by atoms with Gasteiger partial charge in [0.15, 0.2) is 0 Å². The zero-order chi connectivity index (χ0) is 14.2. The molecule has 0 aromatic rings. The Morgan fingerprint density at radius 2 is 2.32 bits per heavy atom. The van der Waals surface area contributed by atoms with Crippen molar-refractivity contribution < 1.29 is 19.1 Å². The third-order valence-corrected chi connectivity index (χ3v) is 3.71. The summed E-state index contributed by atoms with van der Waals surface area (Å²) in [6.45, 7) is 9.41. The molecule has 0 aromatic carbocycles. The largest absolute Gasteiger partial charge is 0.508 e. The molecule has 0 bridgehead atoms. The number of hydrogen-bond acceptors (Lipinski definition) is 4. The van der Waals surface area contributed by atoms with E-state index in [0.717, 1.165) is 0 Å². The lowest BCUT2D eigenvalue weighted by Gasteiger charge is -2.49. The molecule has 2 rings (SSSR count). The van der Waals surface area contributed by atoms with Crippen molar-refractivity contribution in [3.05, 3.63) is 24.9 Å². The molecule has 0 aromatic heterocycles. The molecule has 5 nitrogen and oxygen atoms in total. The number of carbonyl (C=O) groups excluding carboxylic acids is 2. The smallest absolute Gasteiger partial charge is 0.430 e. The number of β-lactam (4-membered cyclic amide) rings is 1. The van der Waals surface area contributed by atoms with Gasteiger partial charge in [-0.2, -0.15) is 0 Å². The van der Waals surface area contributed by atoms with E-state index in [-0.39, 0.29) is 29.9 Å². The van der Waals surface area contributed by atoms with Gasteiger partial charge in [-0.25, -0.2) is 4.79 Å². The zero-order valence-corrected chi connectivity index (χ0v) is 11.5. The number of amides is 1. The maximum Gasteiger partial charge on any atom is 0.508 e. The molecule has 19 heavy (non-hydrogen) atoms. The number of fused-ring (bicyclic) bond motifs is 1. The molecule has 3 atom stereocenters. The Bertz CT molecular complexity index is 441. The Morgan fingerprint density at radius 1 is 1.63 bits per heavy atom. The summed E-state index contributed by atoms with van der Waals surface area (Å²) in [7, 11) is 0. The van der Waals surface area contributed by atoms with Gasteiger partial charge in [0.05, 0.1) is 12.0 Å². The number of hydrogen-bond donors (Lipinski definition) is 0. The van der Waals surface area contributed by atoms with Crippen LogP contribution in [0.5, 0.6) is 0 Å². The average molecular weight is 265 g/mol. The van der Waals surface area contributed by atoms with Crippen molar-refractivity contribution in [3.63, 3.8) is 0 Å². The second kappa shape index (κ2) is 4.72. The molecule has 2 heterocycles. The highest BCUT2D eigenvalue weighted by molar-refractivity contribution is 5.89. The lowest BCUT2D eigenvalue weighted by atomic mass is 9.71. The lowest BCUT2D eigenvalue weighted by Crippen LogP contribution is -2.64. The van der Waals surface area contributed by atoms with Crippen LogP contribution in [0.15, 0.2) is 24.9 Å². The predicted octanol–water partition coefficient (Wildman–Crippen LogP) is 2.09. The summed E-state index contributed by atoms with van der Waals surface area (Å²) < 4.78 is 9.90. The topological polar surface area (TPSA) is 55.8 Å². The van der Waals surface area contributed by atoms with Crippen LogP contribution in [0.4, 0.5) is 4.79 Å². The summed E-state index contributed by atoms with van der Waals surface area (Å²) in [5, 5.41) is 0. The van der Waals surface area contributed by atoms with Gasteiger partial charge < -0.3 is 14.4 Å². The zero-order valence-electron chi connectivity index (χ0n) is 11.5. The van der Waals surface area contributed by atoms with Crippen LogP contribution in [0.1, 0.15) is 20.8 Å².